The van der Waals surface area contributed by atoms with E-state index in [2.05, 4.69) is 10.6 Å². The molecular formula is C9H11FN2. The molecule has 0 unspecified atom stereocenters. The van der Waals surface area contributed by atoms with Gasteiger partial charge in [-0.15, -0.1) is 0 Å². The average Bonchev–Trinajstić information content (AvgIpc) is 2.21. The van der Waals surface area contributed by atoms with E-state index in [4.69, 9.17) is 0 Å². The van der Waals surface area contributed by atoms with Crippen molar-refractivity contribution >= 4 is 11.4 Å². The van der Waals surface area contributed by atoms with Crippen LogP contribution in [0.5, 0.6) is 0 Å². The Morgan fingerprint density at radius 2 is 1.83 bits per heavy atom. The number of benzene rings is 1. The normalized spacial score (nSPS) is 17.9. The first-order chi connectivity index (χ1) is 5.57. The van der Waals surface area contributed by atoms with Crippen molar-refractivity contribution in [3.63, 3.8) is 0 Å². The zero-order valence-electron chi connectivity index (χ0n) is 7.11. The molecule has 0 atom stereocenters. The lowest BCUT2D eigenvalue weighted by atomic mass is 10.3. The van der Waals surface area contributed by atoms with Gasteiger partial charge in [0.15, 0.2) is 0 Å². The Morgan fingerprint density at radius 3 is 2.58 bits per heavy atom. The molecule has 1 aromatic carbocycles. The monoisotopic (exact) mass is 166 g/mol. The first-order valence-electron chi connectivity index (χ1n) is 3.93. The third-order valence-electron chi connectivity index (χ3n) is 1.88. The van der Waals surface area contributed by atoms with Gasteiger partial charge in [-0.05, 0) is 32.0 Å². The molecule has 1 aliphatic heterocycles. The molecule has 0 saturated heterocycles. The van der Waals surface area contributed by atoms with Gasteiger partial charge in [0.2, 0.25) is 0 Å². The number of nitrogens with one attached hydrogen (secondary N) is 2. The average molecular weight is 166 g/mol. The molecule has 0 bridgehead atoms. The highest BCUT2D eigenvalue weighted by Gasteiger charge is 2.25. The van der Waals surface area contributed by atoms with Crippen molar-refractivity contribution in [2.24, 2.45) is 0 Å². The second kappa shape index (κ2) is 2.12. The predicted octanol–water partition coefficient (Wildman–Crippen LogP) is 2.40. The Kier molecular flexibility index (Phi) is 1.31. The van der Waals surface area contributed by atoms with Crippen molar-refractivity contribution in [2.45, 2.75) is 19.5 Å². The molecule has 0 amide bonds. The molecule has 2 N–H and O–H groups in total. The van der Waals surface area contributed by atoms with Gasteiger partial charge in [-0.25, -0.2) is 4.39 Å². The molecule has 0 aliphatic carbocycles. The molecule has 2 nitrogen and oxygen atoms in total. The molecule has 12 heavy (non-hydrogen) atoms. The van der Waals surface area contributed by atoms with Gasteiger partial charge in [0.1, 0.15) is 11.5 Å². The summed E-state index contributed by atoms with van der Waals surface area (Å²) in [5, 5.41) is 6.39. The third kappa shape index (κ3) is 1.11. The Bertz CT molecular complexity index is 320. The van der Waals surface area contributed by atoms with Crippen LogP contribution in [-0.2, 0) is 0 Å². The highest BCUT2D eigenvalue weighted by atomic mass is 19.1. The zero-order valence-corrected chi connectivity index (χ0v) is 7.11. The van der Waals surface area contributed by atoms with E-state index in [0.29, 0.717) is 0 Å². The molecular weight excluding hydrogens is 155 g/mol. The van der Waals surface area contributed by atoms with Gasteiger partial charge in [0.25, 0.3) is 0 Å². The Hall–Kier alpha value is -1.25. The summed E-state index contributed by atoms with van der Waals surface area (Å²) >= 11 is 0. The zero-order chi connectivity index (χ0) is 8.77. The van der Waals surface area contributed by atoms with E-state index in [1.54, 1.807) is 6.07 Å². The van der Waals surface area contributed by atoms with Gasteiger partial charge >= 0.3 is 0 Å². The Labute approximate surface area is 70.8 Å². The molecule has 0 spiro atoms. The summed E-state index contributed by atoms with van der Waals surface area (Å²) in [5.74, 6) is -0.208. The Morgan fingerprint density at radius 1 is 1.17 bits per heavy atom. The lowest BCUT2D eigenvalue weighted by Crippen LogP contribution is -2.33. The minimum Gasteiger partial charge on any atom is -0.362 e. The van der Waals surface area contributed by atoms with Crippen LogP contribution in [0.15, 0.2) is 18.2 Å². The van der Waals surface area contributed by atoms with Crippen LogP contribution in [0.2, 0.25) is 0 Å². The van der Waals surface area contributed by atoms with Crippen LogP contribution < -0.4 is 10.6 Å². The number of anilines is 2. The van der Waals surface area contributed by atoms with Crippen molar-refractivity contribution in [3.05, 3.63) is 24.0 Å². The molecule has 1 aromatic rings. The molecule has 0 aromatic heterocycles. The Balaban J connectivity index is 2.43. The van der Waals surface area contributed by atoms with Crippen LogP contribution in [0.4, 0.5) is 15.8 Å². The maximum Gasteiger partial charge on any atom is 0.125 e. The molecule has 0 saturated carbocycles. The summed E-state index contributed by atoms with van der Waals surface area (Å²) < 4.78 is 12.7. The minimum absolute atomic E-state index is 0.171. The lowest BCUT2D eigenvalue weighted by Gasteiger charge is -2.19. The summed E-state index contributed by atoms with van der Waals surface area (Å²) in [4.78, 5) is 0. The largest absolute Gasteiger partial charge is 0.362 e. The van der Waals surface area contributed by atoms with Crippen LogP contribution in [0.25, 0.3) is 0 Å². The highest BCUT2D eigenvalue weighted by Crippen LogP contribution is 2.33. The van der Waals surface area contributed by atoms with Crippen LogP contribution >= 0.6 is 0 Å². The smallest absolute Gasteiger partial charge is 0.125 e. The molecule has 3 heteroatoms. The van der Waals surface area contributed by atoms with Crippen molar-refractivity contribution in [3.8, 4) is 0 Å². The molecule has 1 aliphatic rings. The van der Waals surface area contributed by atoms with Gasteiger partial charge in [0, 0.05) is 0 Å². The van der Waals surface area contributed by atoms with Crippen molar-refractivity contribution < 1.29 is 4.39 Å². The number of fused-ring (bicyclic) bond motifs is 1. The molecule has 2 rings (SSSR count). The maximum atomic E-state index is 12.7. The number of rotatable bonds is 0. The highest BCUT2D eigenvalue weighted by molar-refractivity contribution is 5.75. The molecule has 0 fully saturated rings. The maximum absolute atomic E-state index is 12.7. The second-order valence-corrected chi connectivity index (χ2v) is 3.56. The quantitative estimate of drug-likeness (QED) is 0.618. The van der Waals surface area contributed by atoms with Gasteiger partial charge in [-0.2, -0.15) is 0 Å². The SMILES string of the molecule is CC1(C)Nc2ccc(F)cc2N1. The van der Waals surface area contributed by atoms with Crippen molar-refractivity contribution in [2.75, 3.05) is 10.6 Å². The number of hydrogen-bond donors (Lipinski definition) is 2. The van der Waals surface area contributed by atoms with Gasteiger partial charge in [-0.3, -0.25) is 0 Å². The molecule has 0 radical (unpaired) electrons. The van der Waals surface area contributed by atoms with E-state index in [1.165, 1.54) is 12.1 Å². The van der Waals surface area contributed by atoms with E-state index < -0.39 is 0 Å². The summed E-state index contributed by atoms with van der Waals surface area (Å²) in [6, 6.07) is 4.69. The minimum atomic E-state index is -0.208. The summed E-state index contributed by atoms with van der Waals surface area (Å²) in [7, 11) is 0. The molecule has 1 heterocycles. The van der Waals surface area contributed by atoms with E-state index in [9.17, 15) is 4.39 Å². The van der Waals surface area contributed by atoms with Gasteiger partial charge < -0.3 is 10.6 Å². The standard InChI is InChI=1S/C9H11FN2/c1-9(2)11-7-4-3-6(10)5-8(7)12-9/h3-5,11-12H,1-2H3. The van der Waals surface area contributed by atoms with E-state index in [-0.39, 0.29) is 11.5 Å². The lowest BCUT2D eigenvalue weighted by molar-refractivity contribution is 0.628. The fraction of sp³-hybridized carbons (Fsp3) is 0.333. The summed E-state index contributed by atoms with van der Waals surface area (Å²) in [6.07, 6.45) is 0. The molecule has 64 valence electrons. The van der Waals surface area contributed by atoms with Crippen LogP contribution in [0.3, 0.4) is 0 Å². The van der Waals surface area contributed by atoms with E-state index in [0.717, 1.165) is 11.4 Å². The predicted molar refractivity (Wildman–Crippen MR) is 47.7 cm³/mol. The van der Waals surface area contributed by atoms with Crippen LogP contribution in [0, 0.1) is 5.82 Å². The van der Waals surface area contributed by atoms with E-state index >= 15 is 0 Å². The fourth-order valence-corrected chi connectivity index (χ4v) is 1.43. The topological polar surface area (TPSA) is 24.1 Å². The number of hydrogen-bond acceptors (Lipinski definition) is 2. The van der Waals surface area contributed by atoms with E-state index in [1.807, 2.05) is 13.8 Å². The first-order valence-corrected chi connectivity index (χ1v) is 3.93. The van der Waals surface area contributed by atoms with Crippen molar-refractivity contribution in [1.82, 2.24) is 0 Å². The fourth-order valence-electron chi connectivity index (χ4n) is 1.43. The van der Waals surface area contributed by atoms with Crippen molar-refractivity contribution in [1.29, 1.82) is 0 Å². The first kappa shape index (κ1) is 7.40. The summed E-state index contributed by atoms with van der Waals surface area (Å²) in [5.41, 5.74) is 1.62. The second-order valence-electron chi connectivity index (χ2n) is 3.56. The third-order valence-corrected chi connectivity index (χ3v) is 1.88. The van der Waals surface area contributed by atoms with Crippen LogP contribution in [0.1, 0.15) is 13.8 Å². The van der Waals surface area contributed by atoms with Gasteiger partial charge in [0.05, 0.1) is 11.4 Å². The van der Waals surface area contributed by atoms with Crippen LogP contribution in [-0.4, -0.2) is 5.66 Å². The number of halogens is 1. The summed E-state index contributed by atoms with van der Waals surface area (Å²) in [6.45, 7) is 4.01. The van der Waals surface area contributed by atoms with Gasteiger partial charge in [-0.1, -0.05) is 0 Å².